The molecule has 0 aromatic heterocycles. The Kier molecular flexibility index (Phi) is 14.9. The molecule has 3 aliphatic rings. The van der Waals surface area contributed by atoms with Crippen molar-refractivity contribution in [2.24, 2.45) is 0 Å². The van der Waals surface area contributed by atoms with Gasteiger partial charge in [0.2, 0.25) is 23.3 Å². The number of methoxy groups -OCH3 is 1. The van der Waals surface area contributed by atoms with Crippen LogP contribution in [0.15, 0.2) is 59.9 Å². The Morgan fingerprint density at radius 1 is 1.00 bits per heavy atom. The second kappa shape index (κ2) is 19.8. The number of imide groups is 1. The van der Waals surface area contributed by atoms with Crippen molar-refractivity contribution in [3.63, 3.8) is 0 Å². The highest BCUT2D eigenvalue weighted by atomic mass is 32.2. The van der Waals surface area contributed by atoms with E-state index in [1.54, 1.807) is 36.4 Å². The minimum absolute atomic E-state index is 0.0100. The minimum Gasteiger partial charge on any atom is -0.506 e. The Labute approximate surface area is 338 Å². The van der Waals surface area contributed by atoms with Crippen LogP contribution in [0.4, 0.5) is 10.1 Å². The minimum atomic E-state index is -1.05. The fourth-order valence-electron chi connectivity index (χ4n) is 6.90. The molecular weight excluding hydrogens is 780 g/mol. The van der Waals surface area contributed by atoms with Crippen molar-refractivity contribution in [1.82, 2.24) is 15.7 Å². The Morgan fingerprint density at radius 3 is 2.38 bits per heavy atom. The molecular formula is C40H46FN4O12S+. The summed E-state index contributed by atoms with van der Waals surface area (Å²) in [5.74, 6) is -3.16. The van der Waals surface area contributed by atoms with E-state index in [4.69, 9.17) is 14.8 Å². The van der Waals surface area contributed by atoms with Crippen molar-refractivity contribution in [1.29, 1.82) is 0 Å². The molecule has 0 bridgehead atoms. The van der Waals surface area contributed by atoms with Crippen molar-refractivity contribution in [2.75, 3.05) is 26.0 Å². The lowest BCUT2D eigenvalue weighted by Gasteiger charge is -2.23. The zero-order valence-electron chi connectivity index (χ0n) is 32.3. The van der Waals surface area contributed by atoms with Crippen LogP contribution >= 0.6 is 12.0 Å². The normalized spacial score (nSPS) is 17.1. The number of amides is 4. The van der Waals surface area contributed by atoms with Crippen molar-refractivity contribution < 1.29 is 67.0 Å². The molecule has 1 aliphatic carbocycles. The summed E-state index contributed by atoms with van der Waals surface area (Å²) in [6.07, 6.45) is 3.97. The third-order valence-electron chi connectivity index (χ3n) is 10.0. The number of hydroxylamine groups is 2. The van der Waals surface area contributed by atoms with Crippen LogP contribution in [-0.4, -0.2) is 93.1 Å². The van der Waals surface area contributed by atoms with E-state index in [1.807, 2.05) is 18.4 Å². The second-order valence-corrected chi connectivity index (χ2v) is 15.0. The first-order valence-corrected chi connectivity index (χ1v) is 19.7. The third kappa shape index (κ3) is 10.4. The molecule has 1 saturated heterocycles. The summed E-state index contributed by atoms with van der Waals surface area (Å²) in [7, 11) is 1.54. The monoisotopic (exact) mass is 825 g/mol. The summed E-state index contributed by atoms with van der Waals surface area (Å²) in [5, 5.41) is 28.9. The highest BCUT2D eigenvalue weighted by Gasteiger charge is 2.47. The summed E-state index contributed by atoms with van der Waals surface area (Å²) in [5.41, 5.74) is 2.44. The van der Waals surface area contributed by atoms with E-state index in [0.29, 0.717) is 72.8 Å². The van der Waals surface area contributed by atoms with Crippen LogP contribution < -0.4 is 15.4 Å². The van der Waals surface area contributed by atoms with E-state index in [0.717, 1.165) is 11.3 Å². The van der Waals surface area contributed by atoms with Crippen LogP contribution in [0.2, 0.25) is 0 Å². The molecule has 58 heavy (non-hydrogen) atoms. The second-order valence-electron chi connectivity index (χ2n) is 14.3. The average Bonchev–Trinajstić information content (AvgIpc) is 3.62. The number of nitrogens with zero attached hydrogens (tertiary/aromatic N) is 2. The molecule has 0 radical (unpaired) electrons. The molecule has 1 atom stereocenters. The third-order valence-corrected chi connectivity index (χ3v) is 10.7. The Bertz CT molecular complexity index is 2010. The largest absolute Gasteiger partial charge is 0.506 e. The molecule has 2 heterocycles. The molecule has 1 fully saturated rings. The lowest BCUT2D eigenvalue weighted by molar-refractivity contribution is -0.438. The lowest BCUT2D eigenvalue weighted by atomic mass is 9.77. The number of halogens is 1. The van der Waals surface area contributed by atoms with E-state index < -0.39 is 46.9 Å². The summed E-state index contributed by atoms with van der Waals surface area (Å²) in [6.45, 7) is 4.48. The summed E-state index contributed by atoms with van der Waals surface area (Å²) in [4.78, 5) is 79.2. The molecule has 5 rings (SSSR count). The van der Waals surface area contributed by atoms with Crippen molar-refractivity contribution in [3.05, 3.63) is 76.8 Å². The highest BCUT2D eigenvalue weighted by molar-refractivity contribution is 7.94. The number of fused-ring (bicyclic) bond motifs is 1. The first kappa shape index (κ1) is 43.7. The van der Waals surface area contributed by atoms with Gasteiger partial charge in [-0.25, -0.2) is 14.4 Å². The standard InChI is InChI=1S/C40H45FN4O12S/c1-40(2)28-21-25(41)13-16-30(28)44(31(40)22-27-37(50)36(38(27)51)24-11-14-26(54-3)15-12-24)20-8-4-5-9-32(46)43-29(23-58-57-56-53)39(52)42-19-7-6-10-35(49)55-45-33(47)17-18-34(45)48/h11-16,21-22,29H,4-10,17-20,23H2,1-3H3,(H3-,42,43,46,50,51,52,53)/p+1. The topological polar surface area (TPSA) is 210 Å². The molecule has 310 valence electrons. The number of ether oxygens (including phenoxy) is 1. The number of carbonyl (C=O) groups excluding carboxylic acids is 6. The number of ketones is 1. The maximum atomic E-state index is 14.5. The zero-order chi connectivity index (χ0) is 42.0. The predicted octanol–water partition coefficient (Wildman–Crippen LogP) is 4.70. The number of Topliss-reactive ketones (excluding diaryl/α,β-unsaturated/α-hetero) is 1. The van der Waals surface area contributed by atoms with Gasteiger partial charge in [0.25, 0.3) is 11.8 Å². The predicted molar refractivity (Wildman–Crippen MR) is 207 cm³/mol. The van der Waals surface area contributed by atoms with Gasteiger partial charge in [0.1, 0.15) is 29.9 Å². The maximum absolute atomic E-state index is 14.5. The van der Waals surface area contributed by atoms with Gasteiger partial charge in [-0.2, -0.15) is 4.58 Å². The van der Waals surface area contributed by atoms with Crippen LogP contribution in [0.1, 0.15) is 82.8 Å². The molecule has 18 heteroatoms. The van der Waals surface area contributed by atoms with Crippen LogP contribution in [0.5, 0.6) is 5.75 Å². The summed E-state index contributed by atoms with van der Waals surface area (Å²) >= 11 is 0.597. The van der Waals surface area contributed by atoms with Gasteiger partial charge in [0.05, 0.1) is 29.4 Å². The molecule has 0 saturated carbocycles. The number of hydrogen-bond acceptors (Lipinski definition) is 13. The SMILES string of the molecule is COc1ccc(C2=C(O)/C(=C/C3=[N+](CCCCCC(=O)NC(CSOOO)C(=O)NCCCCC(=O)ON4C(=O)CCC4=O)c4ccc(F)cc4C3(C)C)C2=O)cc1. The number of unbranched alkanes of at least 4 members (excludes halogenated alkanes) is 3. The molecule has 16 nitrogen and oxygen atoms in total. The van der Waals surface area contributed by atoms with E-state index in [9.17, 15) is 38.3 Å². The fraction of sp³-hybridized carbons (Fsp3) is 0.425. The Morgan fingerprint density at radius 2 is 1.71 bits per heavy atom. The molecule has 0 spiro atoms. The lowest BCUT2D eigenvalue weighted by Crippen LogP contribution is -2.48. The number of aliphatic hydroxyl groups is 1. The van der Waals surface area contributed by atoms with Crippen LogP contribution in [0, 0.1) is 5.82 Å². The van der Waals surface area contributed by atoms with Gasteiger partial charge < -0.3 is 25.3 Å². The number of hydrogen-bond donors (Lipinski definition) is 4. The first-order valence-electron chi connectivity index (χ1n) is 18.8. The molecule has 1 unspecified atom stereocenters. The van der Waals surface area contributed by atoms with Crippen molar-refractivity contribution >= 4 is 64.4 Å². The first-order chi connectivity index (χ1) is 27.8. The van der Waals surface area contributed by atoms with Gasteiger partial charge in [-0.05, 0) is 69.4 Å². The molecule has 4 N–H and O–H groups in total. The number of benzene rings is 2. The molecule has 2 aromatic carbocycles. The average molecular weight is 826 g/mol. The molecule has 2 aliphatic heterocycles. The van der Waals surface area contributed by atoms with Gasteiger partial charge in [-0.3, -0.25) is 24.0 Å². The number of allylic oxidation sites excluding steroid dienone is 3. The van der Waals surface area contributed by atoms with Crippen LogP contribution in [0.3, 0.4) is 0 Å². The summed E-state index contributed by atoms with van der Waals surface area (Å²) < 4.78 is 26.1. The highest BCUT2D eigenvalue weighted by Crippen LogP contribution is 2.43. The van der Waals surface area contributed by atoms with E-state index >= 15 is 0 Å². The molecule has 4 amide bonds. The van der Waals surface area contributed by atoms with Gasteiger partial charge in [-0.1, -0.05) is 17.2 Å². The van der Waals surface area contributed by atoms with E-state index in [2.05, 4.69) is 20.0 Å². The van der Waals surface area contributed by atoms with Crippen molar-refractivity contribution in [2.45, 2.75) is 83.1 Å². The Balaban J connectivity index is 1.14. The molecule has 2 aromatic rings. The zero-order valence-corrected chi connectivity index (χ0v) is 33.2. The fourth-order valence-corrected chi connectivity index (χ4v) is 7.37. The van der Waals surface area contributed by atoms with Gasteiger partial charge in [-0.15, -0.1) is 9.40 Å². The number of aliphatic hydroxyl groups excluding tert-OH is 1. The Hall–Kier alpha value is -5.43. The maximum Gasteiger partial charge on any atom is 0.333 e. The smallest absolute Gasteiger partial charge is 0.333 e. The van der Waals surface area contributed by atoms with Gasteiger partial charge in [0, 0.05) is 68.4 Å². The van der Waals surface area contributed by atoms with E-state index in [1.165, 1.54) is 19.2 Å². The summed E-state index contributed by atoms with van der Waals surface area (Å²) in [6, 6.07) is 10.3. The van der Waals surface area contributed by atoms with Crippen LogP contribution in [0.25, 0.3) is 5.57 Å². The van der Waals surface area contributed by atoms with Crippen LogP contribution in [-0.2, 0) is 48.4 Å². The van der Waals surface area contributed by atoms with E-state index in [-0.39, 0.29) is 60.7 Å². The quantitative estimate of drug-likeness (QED) is 0.0256. The number of carbonyl (C=O) groups is 6. The van der Waals surface area contributed by atoms with Crippen molar-refractivity contribution in [3.8, 4) is 5.75 Å². The number of nitrogens with one attached hydrogen (secondary N) is 2. The van der Waals surface area contributed by atoms with Gasteiger partial charge >= 0.3 is 5.97 Å². The van der Waals surface area contributed by atoms with Gasteiger partial charge in [0.15, 0.2) is 5.71 Å². The number of rotatable bonds is 21.